The molecule has 14 heavy (non-hydrogen) atoms. The van der Waals surface area contributed by atoms with Gasteiger partial charge in [0.15, 0.2) is 0 Å². The maximum absolute atomic E-state index is 10.9. The van der Waals surface area contributed by atoms with Crippen LogP contribution in [0.3, 0.4) is 0 Å². The van der Waals surface area contributed by atoms with Gasteiger partial charge < -0.3 is 15.4 Å². The third kappa shape index (κ3) is 2.69. The van der Waals surface area contributed by atoms with E-state index in [4.69, 9.17) is 4.74 Å². The Labute approximate surface area is 84.4 Å². The molecule has 80 valence electrons. The van der Waals surface area contributed by atoms with Crippen molar-refractivity contribution in [2.45, 2.75) is 25.4 Å². The third-order valence-electron chi connectivity index (χ3n) is 2.92. The molecule has 1 amide bonds. The van der Waals surface area contributed by atoms with Crippen LogP contribution in [0.25, 0.3) is 0 Å². The van der Waals surface area contributed by atoms with E-state index in [1.807, 2.05) is 0 Å². The number of carbonyl (C=O) groups excluding carboxylic acids is 1. The van der Waals surface area contributed by atoms with Gasteiger partial charge in [-0.2, -0.15) is 0 Å². The minimum Gasteiger partial charge on any atom is -0.378 e. The van der Waals surface area contributed by atoms with Gasteiger partial charge in [0.05, 0.1) is 12.7 Å². The number of carbonyl (C=O) groups is 1. The van der Waals surface area contributed by atoms with Gasteiger partial charge in [0, 0.05) is 18.9 Å². The summed E-state index contributed by atoms with van der Waals surface area (Å²) in [5, 5.41) is 6.13. The number of nitrogens with one attached hydrogen (secondary N) is 2. The van der Waals surface area contributed by atoms with Crippen molar-refractivity contribution < 1.29 is 9.53 Å². The molecule has 1 unspecified atom stereocenters. The van der Waals surface area contributed by atoms with Crippen LogP contribution in [0.15, 0.2) is 0 Å². The van der Waals surface area contributed by atoms with Crippen LogP contribution < -0.4 is 10.6 Å². The zero-order valence-electron chi connectivity index (χ0n) is 8.42. The highest BCUT2D eigenvalue weighted by Gasteiger charge is 2.23. The minimum atomic E-state index is 0.170. The standard InChI is InChI=1S/C10H18N2O2/c13-10-5-8(6-12-10)7-14-9-1-3-11-4-2-9/h8-9,11H,1-7H2,(H,12,13). The van der Waals surface area contributed by atoms with Crippen molar-refractivity contribution in [3.05, 3.63) is 0 Å². The molecule has 0 aromatic heterocycles. The molecule has 0 bridgehead atoms. The summed E-state index contributed by atoms with van der Waals surface area (Å²) < 4.78 is 5.78. The molecule has 1 atom stereocenters. The molecule has 4 heteroatoms. The van der Waals surface area contributed by atoms with Crippen molar-refractivity contribution in [2.75, 3.05) is 26.2 Å². The van der Waals surface area contributed by atoms with Crippen molar-refractivity contribution >= 4 is 5.91 Å². The van der Waals surface area contributed by atoms with Gasteiger partial charge in [-0.25, -0.2) is 0 Å². The molecule has 0 aromatic carbocycles. The SMILES string of the molecule is O=C1CC(COC2CCNCC2)CN1. The number of amides is 1. The van der Waals surface area contributed by atoms with Gasteiger partial charge in [0.1, 0.15) is 0 Å². The molecule has 0 aromatic rings. The van der Waals surface area contributed by atoms with Crippen LogP contribution >= 0.6 is 0 Å². The lowest BCUT2D eigenvalue weighted by atomic mass is 10.1. The summed E-state index contributed by atoms with van der Waals surface area (Å²) in [5.41, 5.74) is 0. The van der Waals surface area contributed by atoms with E-state index in [1.165, 1.54) is 0 Å². The maximum atomic E-state index is 10.9. The fourth-order valence-electron chi connectivity index (χ4n) is 2.02. The summed E-state index contributed by atoms with van der Waals surface area (Å²) >= 11 is 0. The van der Waals surface area contributed by atoms with Crippen molar-refractivity contribution in [2.24, 2.45) is 5.92 Å². The van der Waals surface area contributed by atoms with Gasteiger partial charge in [0.25, 0.3) is 0 Å². The van der Waals surface area contributed by atoms with E-state index in [0.717, 1.165) is 39.1 Å². The molecule has 2 N–H and O–H groups in total. The lowest BCUT2D eigenvalue weighted by molar-refractivity contribution is -0.119. The van der Waals surface area contributed by atoms with Crippen LogP contribution in [0.2, 0.25) is 0 Å². The topological polar surface area (TPSA) is 50.4 Å². The summed E-state index contributed by atoms with van der Waals surface area (Å²) in [6, 6.07) is 0. The van der Waals surface area contributed by atoms with Crippen LogP contribution in [0, 0.1) is 5.92 Å². The molecule has 2 rings (SSSR count). The van der Waals surface area contributed by atoms with Gasteiger partial charge in [-0.1, -0.05) is 0 Å². The fraction of sp³-hybridized carbons (Fsp3) is 0.900. The summed E-state index contributed by atoms with van der Waals surface area (Å²) in [4.78, 5) is 10.9. The molecule has 2 aliphatic heterocycles. The highest BCUT2D eigenvalue weighted by molar-refractivity contribution is 5.78. The lowest BCUT2D eigenvalue weighted by Gasteiger charge is -2.24. The summed E-state index contributed by atoms with van der Waals surface area (Å²) in [7, 11) is 0. The van der Waals surface area contributed by atoms with Crippen LogP contribution in [0.4, 0.5) is 0 Å². The highest BCUT2D eigenvalue weighted by atomic mass is 16.5. The molecule has 0 aliphatic carbocycles. The van der Waals surface area contributed by atoms with Crippen LogP contribution in [-0.4, -0.2) is 38.3 Å². The van der Waals surface area contributed by atoms with E-state index in [1.54, 1.807) is 0 Å². The first-order chi connectivity index (χ1) is 6.84. The van der Waals surface area contributed by atoms with Crippen LogP contribution in [0.5, 0.6) is 0 Å². The molecule has 0 spiro atoms. The zero-order valence-corrected chi connectivity index (χ0v) is 8.42. The van der Waals surface area contributed by atoms with Crippen molar-refractivity contribution in [3.8, 4) is 0 Å². The van der Waals surface area contributed by atoms with Gasteiger partial charge in [-0.05, 0) is 25.9 Å². The molecule has 0 radical (unpaired) electrons. The highest BCUT2D eigenvalue weighted by Crippen LogP contribution is 2.13. The van der Waals surface area contributed by atoms with Crippen LogP contribution in [0.1, 0.15) is 19.3 Å². The van der Waals surface area contributed by atoms with E-state index in [9.17, 15) is 4.79 Å². The van der Waals surface area contributed by atoms with Crippen molar-refractivity contribution in [1.29, 1.82) is 0 Å². The Morgan fingerprint density at radius 1 is 1.36 bits per heavy atom. The number of piperidine rings is 1. The average molecular weight is 198 g/mol. The van der Waals surface area contributed by atoms with Gasteiger partial charge >= 0.3 is 0 Å². The number of rotatable bonds is 3. The fourth-order valence-corrected chi connectivity index (χ4v) is 2.02. The number of hydrogen-bond acceptors (Lipinski definition) is 3. The molecule has 0 saturated carbocycles. The summed E-state index contributed by atoms with van der Waals surface area (Å²) in [6.07, 6.45) is 3.26. The third-order valence-corrected chi connectivity index (χ3v) is 2.92. The Bertz CT molecular complexity index is 202. The van der Waals surface area contributed by atoms with Gasteiger partial charge in [-0.15, -0.1) is 0 Å². The average Bonchev–Trinajstić information content (AvgIpc) is 2.63. The van der Waals surface area contributed by atoms with E-state index in [-0.39, 0.29) is 5.91 Å². The Morgan fingerprint density at radius 3 is 2.79 bits per heavy atom. The number of hydrogen-bond donors (Lipinski definition) is 2. The van der Waals surface area contributed by atoms with E-state index < -0.39 is 0 Å². The zero-order chi connectivity index (χ0) is 9.80. The normalized spacial score (nSPS) is 29.1. The largest absolute Gasteiger partial charge is 0.378 e. The first-order valence-corrected chi connectivity index (χ1v) is 5.43. The Morgan fingerprint density at radius 2 is 2.14 bits per heavy atom. The monoisotopic (exact) mass is 198 g/mol. The van der Waals surface area contributed by atoms with E-state index in [0.29, 0.717) is 18.4 Å². The molecule has 2 aliphatic rings. The minimum absolute atomic E-state index is 0.170. The van der Waals surface area contributed by atoms with E-state index >= 15 is 0 Å². The molecule has 2 saturated heterocycles. The molecule has 4 nitrogen and oxygen atoms in total. The van der Waals surface area contributed by atoms with Crippen molar-refractivity contribution in [3.63, 3.8) is 0 Å². The molecule has 2 fully saturated rings. The molecular formula is C10H18N2O2. The Hall–Kier alpha value is -0.610. The van der Waals surface area contributed by atoms with Gasteiger partial charge in [-0.3, -0.25) is 4.79 Å². The Balaban J connectivity index is 1.63. The quantitative estimate of drug-likeness (QED) is 0.665. The van der Waals surface area contributed by atoms with Crippen molar-refractivity contribution in [1.82, 2.24) is 10.6 Å². The smallest absolute Gasteiger partial charge is 0.220 e. The second-order valence-corrected chi connectivity index (χ2v) is 4.16. The predicted molar refractivity (Wildman–Crippen MR) is 53.0 cm³/mol. The first-order valence-electron chi connectivity index (χ1n) is 5.43. The number of ether oxygens (including phenoxy) is 1. The second kappa shape index (κ2) is 4.75. The lowest BCUT2D eigenvalue weighted by Crippen LogP contribution is -2.33. The first kappa shape index (κ1) is 9.93. The maximum Gasteiger partial charge on any atom is 0.220 e. The van der Waals surface area contributed by atoms with Crippen LogP contribution in [-0.2, 0) is 9.53 Å². The molecular weight excluding hydrogens is 180 g/mol. The summed E-state index contributed by atoms with van der Waals surface area (Å²) in [5.74, 6) is 0.571. The molecule has 2 heterocycles. The van der Waals surface area contributed by atoms with Gasteiger partial charge in [0.2, 0.25) is 5.91 Å². The van der Waals surface area contributed by atoms with E-state index in [2.05, 4.69) is 10.6 Å². The predicted octanol–water partition coefficient (Wildman–Crippen LogP) is -0.109. The summed E-state index contributed by atoms with van der Waals surface area (Å²) in [6.45, 7) is 3.66. The second-order valence-electron chi connectivity index (χ2n) is 4.16. The Kier molecular flexibility index (Phi) is 3.37.